The van der Waals surface area contributed by atoms with Crippen molar-refractivity contribution < 1.29 is 13.5 Å². The summed E-state index contributed by atoms with van der Waals surface area (Å²) in [6.45, 7) is 0. The lowest BCUT2D eigenvalue weighted by Gasteiger charge is -2.34. The van der Waals surface area contributed by atoms with Gasteiger partial charge in [0.25, 0.3) is 0 Å². The first kappa shape index (κ1) is 15.2. The number of hydrazine groups is 1. The van der Waals surface area contributed by atoms with Gasteiger partial charge in [0.1, 0.15) is 0 Å². The highest BCUT2D eigenvalue weighted by atomic mass is 32.2. The maximum atomic E-state index is 12.5. The van der Waals surface area contributed by atoms with Crippen LogP contribution in [-0.4, -0.2) is 37.0 Å². The van der Waals surface area contributed by atoms with Gasteiger partial charge >= 0.3 is 0 Å². The van der Waals surface area contributed by atoms with Crippen LogP contribution in [0.3, 0.4) is 0 Å². The van der Waals surface area contributed by atoms with E-state index in [-0.39, 0.29) is 10.9 Å². The summed E-state index contributed by atoms with van der Waals surface area (Å²) < 4.78 is 26.4. The van der Waals surface area contributed by atoms with Crippen molar-refractivity contribution in [3.05, 3.63) is 24.3 Å². The number of nitrogens with zero attached hydrogens (tertiary/aromatic N) is 1. The van der Waals surface area contributed by atoms with E-state index in [2.05, 4.69) is 5.43 Å². The average molecular weight is 299 g/mol. The molecule has 2 unspecified atom stereocenters. The second-order valence-corrected chi connectivity index (χ2v) is 7.11. The van der Waals surface area contributed by atoms with Crippen molar-refractivity contribution in [2.45, 2.75) is 42.7 Å². The molecule has 1 aromatic carbocycles. The van der Waals surface area contributed by atoms with Gasteiger partial charge in [0, 0.05) is 12.7 Å². The zero-order valence-corrected chi connectivity index (χ0v) is 12.3. The molecule has 112 valence electrons. The summed E-state index contributed by atoms with van der Waals surface area (Å²) in [5.74, 6) is 5.26. The van der Waals surface area contributed by atoms with E-state index in [9.17, 15) is 13.5 Å². The van der Waals surface area contributed by atoms with Crippen molar-refractivity contribution >= 4 is 15.7 Å². The highest BCUT2D eigenvalue weighted by Gasteiger charge is 2.34. The number of rotatable bonds is 4. The van der Waals surface area contributed by atoms with Crippen LogP contribution in [0.15, 0.2) is 29.2 Å². The lowest BCUT2D eigenvalue weighted by Crippen LogP contribution is -2.46. The Bertz CT molecular complexity index is 544. The van der Waals surface area contributed by atoms with Crippen LogP contribution in [0.1, 0.15) is 25.7 Å². The summed E-state index contributed by atoms with van der Waals surface area (Å²) in [4.78, 5) is 0.205. The Morgan fingerprint density at radius 3 is 2.40 bits per heavy atom. The maximum Gasteiger partial charge on any atom is 0.243 e. The summed E-state index contributed by atoms with van der Waals surface area (Å²) in [6.07, 6.45) is 2.65. The summed E-state index contributed by atoms with van der Waals surface area (Å²) in [6, 6.07) is 5.89. The lowest BCUT2D eigenvalue weighted by atomic mass is 9.93. The average Bonchev–Trinajstić information content (AvgIpc) is 2.47. The number of aliphatic hydroxyl groups excluding tert-OH is 1. The molecule has 1 fully saturated rings. The highest BCUT2D eigenvalue weighted by Crippen LogP contribution is 2.27. The molecule has 4 N–H and O–H groups in total. The van der Waals surface area contributed by atoms with E-state index in [0.29, 0.717) is 18.5 Å². The van der Waals surface area contributed by atoms with Gasteiger partial charge in [-0.15, -0.1) is 0 Å². The second-order valence-electron chi connectivity index (χ2n) is 5.11. The van der Waals surface area contributed by atoms with Gasteiger partial charge in [-0.25, -0.2) is 8.42 Å². The van der Waals surface area contributed by atoms with E-state index in [4.69, 9.17) is 5.84 Å². The molecule has 0 saturated heterocycles. The normalized spacial score (nSPS) is 23.8. The molecule has 0 aromatic heterocycles. The molecule has 2 rings (SSSR count). The fourth-order valence-corrected chi connectivity index (χ4v) is 4.00. The highest BCUT2D eigenvalue weighted by molar-refractivity contribution is 7.89. The summed E-state index contributed by atoms with van der Waals surface area (Å²) in [5, 5.41) is 10.00. The SMILES string of the molecule is CN(C1CCCCC1O)S(=O)(=O)c1ccc(NN)cc1. The van der Waals surface area contributed by atoms with Gasteiger partial charge in [0.15, 0.2) is 0 Å². The van der Waals surface area contributed by atoms with Gasteiger partial charge in [-0.1, -0.05) is 12.8 Å². The lowest BCUT2D eigenvalue weighted by molar-refractivity contribution is 0.0638. The molecule has 1 aliphatic rings. The first-order chi connectivity index (χ1) is 9.46. The van der Waals surface area contributed by atoms with Crippen LogP contribution in [0.4, 0.5) is 5.69 Å². The monoisotopic (exact) mass is 299 g/mol. The maximum absolute atomic E-state index is 12.5. The molecule has 0 bridgehead atoms. The zero-order chi connectivity index (χ0) is 14.8. The predicted octanol–water partition coefficient (Wildman–Crippen LogP) is 0.896. The molecule has 1 aromatic rings. The van der Waals surface area contributed by atoms with Gasteiger partial charge in [-0.2, -0.15) is 4.31 Å². The molecule has 1 saturated carbocycles. The Kier molecular flexibility index (Phi) is 4.64. The molecule has 0 radical (unpaired) electrons. The van der Waals surface area contributed by atoms with Crippen LogP contribution in [0, 0.1) is 0 Å². The van der Waals surface area contributed by atoms with Gasteiger partial charge in [0.05, 0.1) is 17.0 Å². The first-order valence-electron chi connectivity index (χ1n) is 6.69. The topological polar surface area (TPSA) is 95.7 Å². The van der Waals surface area contributed by atoms with Crippen LogP contribution >= 0.6 is 0 Å². The van der Waals surface area contributed by atoms with Gasteiger partial charge in [-0.05, 0) is 37.1 Å². The largest absolute Gasteiger partial charge is 0.391 e. The van der Waals surface area contributed by atoms with E-state index in [1.54, 1.807) is 12.1 Å². The molecule has 20 heavy (non-hydrogen) atoms. The molecular formula is C13H21N3O3S. The fourth-order valence-electron chi connectivity index (χ4n) is 2.58. The molecule has 7 heteroatoms. The third-order valence-electron chi connectivity index (χ3n) is 3.86. The number of hydrogen-bond donors (Lipinski definition) is 3. The van der Waals surface area contributed by atoms with Crippen molar-refractivity contribution in [1.82, 2.24) is 4.31 Å². The Hall–Kier alpha value is -1.15. The van der Waals surface area contributed by atoms with Crippen LogP contribution in [0.25, 0.3) is 0 Å². The third-order valence-corrected chi connectivity index (χ3v) is 5.76. The number of hydrogen-bond acceptors (Lipinski definition) is 5. The number of aliphatic hydroxyl groups is 1. The molecule has 1 aliphatic carbocycles. The number of nitrogens with one attached hydrogen (secondary N) is 1. The number of nitrogens with two attached hydrogens (primary N) is 1. The summed E-state index contributed by atoms with van der Waals surface area (Å²) >= 11 is 0. The Morgan fingerprint density at radius 1 is 1.25 bits per heavy atom. The predicted molar refractivity (Wildman–Crippen MR) is 77.5 cm³/mol. The molecule has 0 aliphatic heterocycles. The third kappa shape index (κ3) is 2.95. The van der Waals surface area contributed by atoms with Crippen molar-refractivity contribution in [3.8, 4) is 0 Å². The van der Waals surface area contributed by atoms with Gasteiger partial charge in [0.2, 0.25) is 10.0 Å². The first-order valence-corrected chi connectivity index (χ1v) is 8.13. The quantitative estimate of drug-likeness (QED) is 0.567. The van der Waals surface area contributed by atoms with E-state index in [1.807, 2.05) is 0 Å². The smallest absolute Gasteiger partial charge is 0.243 e. The van der Waals surface area contributed by atoms with Gasteiger partial charge < -0.3 is 10.5 Å². The zero-order valence-electron chi connectivity index (χ0n) is 11.5. The van der Waals surface area contributed by atoms with E-state index in [0.717, 1.165) is 12.8 Å². The Morgan fingerprint density at radius 2 is 1.85 bits per heavy atom. The van der Waals surface area contributed by atoms with E-state index < -0.39 is 16.1 Å². The molecule has 0 heterocycles. The number of nitrogen functional groups attached to an aromatic ring is 1. The fraction of sp³-hybridized carbons (Fsp3) is 0.538. The van der Waals surface area contributed by atoms with Crippen molar-refractivity contribution in [2.24, 2.45) is 5.84 Å². The van der Waals surface area contributed by atoms with Crippen LogP contribution in [0.2, 0.25) is 0 Å². The minimum absolute atomic E-state index is 0.205. The number of sulfonamides is 1. The molecular weight excluding hydrogens is 278 g/mol. The molecule has 2 atom stereocenters. The number of likely N-dealkylation sites (N-methyl/N-ethyl adjacent to an activating group) is 1. The summed E-state index contributed by atoms with van der Waals surface area (Å²) in [5.41, 5.74) is 3.10. The molecule has 6 nitrogen and oxygen atoms in total. The molecule has 0 spiro atoms. The van der Waals surface area contributed by atoms with Gasteiger partial charge in [-0.3, -0.25) is 5.84 Å². The van der Waals surface area contributed by atoms with Crippen LogP contribution in [0.5, 0.6) is 0 Å². The van der Waals surface area contributed by atoms with Crippen molar-refractivity contribution in [2.75, 3.05) is 12.5 Å². The Labute approximate surface area is 119 Å². The second kappa shape index (κ2) is 6.09. The van der Waals surface area contributed by atoms with Crippen molar-refractivity contribution in [1.29, 1.82) is 0 Å². The van der Waals surface area contributed by atoms with Crippen LogP contribution in [-0.2, 0) is 10.0 Å². The van der Waals surface area contributed by atoms with E-state index >= 15 is 0 Å². The minimum Gasteiger partial charge on any atom is -0.391 e. The molecule has 0 amide bonds. The van der Waals surface area contributed by atoms with Crippen molar-refractivity contribution in [3.63, 3.8) is 0 Å². The standard InChI is InChI=1S/C13H21N3O3S/c1-16(12-4-2-3-5-13(12)17)20(18,19)11-8-6-10(15-14)7-9-11/h6-9,12-13,15,17H,2-5,14H2,1H3. The van der Waals surface area contributed by atoms with Crippen LogP contribution < -0.4 is 11.3 Å². The minimum atomic E-state index is -3.59. The number of anilines is 1. The number of benzene rings is 1. The van der Waals surface area contributed by atoms with E-state index in [1.165, 1.54) is 23.5 Å². The Balaban J connectivity index is 2.23. The summed E-state index contributed by atoms with van der Waals surface area (Å²) in [7, 11) is -2.06.